The molecule has 0 aromatic heterocycles. The van der Waals surface area contributed by atoms with E-state index in [4.69, 9.17) is 5.73 Å². The van der Waals surface area contributed by atoms with Crippen LogP contribution in [0.15, 0.2) is 84.9 Å². The van der Waals surface area contributed by atoms with Crippen molar-refractivity contribution in [2.45, 2.75) is 6.04 Å². The van der Waals surface area contributed by atoms with Gasteiger partial charge in [-0.1, -0.05) is 72.8 Å². The second-order valence-corrected chi connectivity index (χ2v) is 5.62. The summed E-state index contributed by atoms with van der Waals surface area (Å²) in [6.45, 7) is 0.355. The lowest BCUT2D eigenvalue weighted by atomic mass is 10.0. The molecule has 3 aromatic rings. The van der Waals surface area contributed by atoms with Crippen LogP contribution >= 0.6 is 12.4 Å². The summed E-state index contributed by atoms with van der Waals surface area (Å²) in [4.78, 5) is 12.6. The lowest BCUT2D eigenvalue weighted by molar-refractivity contribution is 0.0938. The molecule has 0 aliphatic carbocycles. The Morgan fingerprint density at radius 1 is 0.840 bits per heavy atom. The molecule has 1 amide bonds. The smallest absolute Gasteiger partial charge is 0.251 e. The van der Waals surface area contributed by atoms with Gasteiger partial charge in [0.1, 0.15) is 0 Å². The van der Waals surface area contributed by atoms with Crippen LogP contribution in [0.3, 0.4) is 0 Å². The molecule has 3 aromatic carbocycles. The average Bonchev–Trinajstić information content (AvgIpc) is 2.67. The monoisotopic (exact) mass is 352 g/mol. The van der Waals surface area contributed by atoms with Crippen molar-refractivity contribution in [3.63, 3.8) is 0 Å². The Hall–Kier alpha value is -2.62. The van der Waals surface area contributed by atoms with Crippen molar-refractivity contribution in [2.75, 3.05) is 6.54 Å². The number of carbonyl (C=O) groups excluding carboxylic acids is 1. The highest BCUT2D eigenvalue weighted by atomic mass is 35.5. The van der Waals surface area contributed by atoms with Gasteiger partial charge >= 0.3 is 0 Å². The van der Waals surface area contributed by atoms with Gasteiger partial charge in [-0.25, -0.2) is 0 Å². The minimum atomic E-state index is -0.195. The highest BCUT2D eigenvalue weighted by Crippen LogP contribution is 2.20. The van der Waals surface area contributed by atoms with Gasteiger partial charge in [0.25, 0.3) is 5.91 Å². The lowest BCUT2D eigenvalue weighted by Gasteiger charge is -2.17. The number of amides is 1. The van der Waals surface area contributed by atoms with Crippen molar-refractivity contribution >= 4 is 18.3 Å². The summed E-state index contributed by atoms with van der Waals surface area (Å²) in [5.41, 5.74) is 9.58. The Morgan fingerprint density at radius 2 is 1.44 bits per heavy atom. The summed E-state index contributed by atoms with van der Waals surface area (Å²) < 4.78 is 0. The van der Waals surface area contributed by atoms with Gasteiger partial charge in [-0.15, -0.1) is 12.4 Å². The van der Waals surface area contributed by atoms with E-state index in [0.717, 1.165) is 16.7 Å². The van der Waals surface area contributed by atoms with E-state index in [9.17, 15) is 4.79 Å². The molecule has 0 unspecified atom stereocenters. The van der Waals surface area contributed by atoms with E-state index in [0.29, 0.717) is 12.1 Å². The minimum absolute atomic E-state index is 0. The van der Waals surface area contributed by atoms with Crippen molar-refractivity contribution < 1.29 is 4.79 Å². The van der Waals surface area contributed by atoms with E-state index in [2.05, 4.69) is 5.32 Å². The molecule has 25 heavy (non-hydrogen) atoms. The SMILES string of the molecule is Cl.NC[C@@H](NC(=O)c1cccc(-c2ccccc2)c1)c1ccccc1. The molecule has 0 saturated carbocycles. The summed E-state index contributed by atoms with van der Waals surface area (Å²) in [6.07, 6.45) is 0. The highest BCUT2D eigenvalue weighted by molar-refractivity contribution is 5.95. The van der Waals surface area contributed by atoms with E-state index in [1.807, 2.05) is 84.9 Å². The van der Waals surface area contributed by atoms with E-state index in [1.165, 1.54) is 0 Å². The maximum Gasteiger partial charge on any atom is 0.251 e. The van der Waals surface area contributed by atoms with Crippen LogP contribution in [-0.4, -0.2) is 12.5 Å². The maximum atomic E-state index is 12.6. The predicted octanol–water partition coefficient (Wildman–Crippen LogP) is 4.21. The molecule has 0 fully saturated rings. The Balaban J connectivity index is 0.00000225. The molecular weight excluding hydrogens is 332 g/mol. The highest BCUT2D eigenvalue weighted by Gasteiger charge is 2.14. The molecule has 4 heteroatoms. The zero-order valence-corrected chi connectivity index (χ0v) is 14.6. The first-order valence-corrected chi connectivity index (χ1v) is 7.99. The Morgan fingerprint density at radius 3 is 2.08 bits per heavy atom. The molecule has 3 N–H and O–H groups in total. The molecule has 0 spiro atoms. The summed E-state index contributed by atoms with van der Waals surface area (Å²) >= 11 is 0. The van der Waals surface area contributed by atoms with Crippen molar-refractivity contribution in [1.29, 1.82) is 0 Å². The first-order valence-electron chi connectivity index (χ1n) is 7.99. The maximum absolute atomic E-state index is 12.6. The number of halogens is 1. The molecule has 3 nitrogen and oxygen atoms in total. The summed E-state index contributed by atoms with van der Waals surface area (Å²) in [6, 6.07) is 27.2. The largest absolute Gasteiger partial charge is 0.344 e. The van der Waals surface area contributed by atoms with Crippen LogP contribution in [-0.2, 0) is 0 Å². The fraction of sp³-hybridized carbons (Fsp3) is 0.0952. The zero-order valence-electron chi connectivity index (χ0n) is 13.8. The molecule has 0 saturated heterocycles. The molecule has 3 rings (SSSR count). The molecule has 0 radical (unpaired) electrons. The number of hydrogen-bond acceptors (Lipinski definition) is 2. The van der Waals surface area contributed by atoms with E-state index < -0.39 is 0 Å². The second kappa shape index (κ2) is 9.02. The molecule has 128 valence electrons. The van der Waals surface area contributed by atoms with Gasteiger partial charge in [-0.3, -0.25) is 4.79 Å². The third kappa shape index (κ3) is 4.69. The third-order valence-electron chi connectivity index (χ3n) is 3.97. The molecule has 0 bridgehead atoms. The van der Waals surface area contributed by atoms with Crippen LogP contribution in [0.5, 0.6) is 0 Å². The topological polar surface area (TPSA) is 55.1 Å². The van der Waals surface area contributed by atoms with Gasteiger partial charge in [0, 0.05) is 12.1 Å². The average molecular weight is 353 g/mol. The number of nitrogens with two attached hydrogens (primary N) is 1. The zero-order chi connectivity index (χ0) is 16.8. The molecule has 0 aliphatic rings. The first-order chi connectivity index (χ1) is 11.8. The van der Waals surface area contributed by atoms with Crippen LogP contribution in [0.2, 0.25) is 0 Å². The van der Waals surface area contributed by atoms with Crippen LogP contribution in [0.1, 0.15) is 22.0 Å². The Bertz CT molecular complexity index is 806. The molecule has 0 heterocycles. The van der Waals surface area contributed by atoms with Gasteiger partial charge in [0.15, 0.2) is 0 Å². The van der Waals surface area contributed by atoms with Gasteiger partial charge in [-0.2, -0.15) is 0 Å². The molecule has 0 aliphatic heterocycles. The summed E-state index contributed by atoms with van der Waals surface area (Å²) in [5, 5.41) is 3.01. The number of nitrogens with one attached hydrogen (secondary N) is 1. The van der Waals surface area contributed by atoms with Crippen LogP contribution < -0.4 is 11.1 Å². The fourth-order valence-corrected chi connectivity index (χ4v) is 2.68. The van der Waals surface area contributed by atoms with Crippen molar-refractivity contribution in [3.05, 3.63) is 96.1 Å². The second-order valence-electron chi connectivity index (χ2n) is 5.62. The van der Waals surface area contributed by atoms with Crippen molar-refractivity contribution in [3.8, 4) is 11.1 Å². The molecular formula is C21H21ClN2O. The quantitative estimate of drug-likeness (QED) is 0.722. The van der Waals surface area contributed by atoms with Gasteiger partial charge in [0.05, 0.1) is 6.04 Å². The predicted molar refractivity (Wildman–Crippen MR) is 105 cm³/mol. The van der Waals surface area contributed by atoms with Crippen molar-refractivity contribution in [2.24, 2.45) is 5.73 Å². The third-order valence-corrected chi connectivity index (χ3v) is 3.97. The van der Waals surface area contributed by atoms with Crippen LogP contribution in [0.25, 0.3) is 11.1 Å². The Kier molecular flexibility index (Phi) is 6.75. The van der Waals surface area contributed by atoms with Crippen LogP contribution in [0.4, 0.5) is 0 Å². The standard InChI is InChI=1S/C21H20N2O.ClH/c22-15-20(17-10-5-2-6-11-17)23-21(24)19-13-7-12-18(14-19)16-8-3-1-4-9-16;/h1-14,20H,15,22H2,(H,23,24);1H/t20-;/m1./s1. The minimum Gasteiger partial charge on any atom is -0.344 e. The lowest BCUT2D eigenvalue weighted by Crippen LogP contribution is -2.33. The van der Waals surface area contributed by atoms with Gasteiger partial charge in [0.2, 0.25) is 0 Å². The number of rotatable bonds is 5. The number of carbonyl (C=O) groups is 1. The van der Waals surface area contributed by atoms with E-state index in [1.54, 1.807) is 0 Å². The summed E-state index contributed by atoms with van der Waals surface area (Å²) in [5.74, 6) is -0.118. The van der Waals surface area contributed by atoms with Crippen molar-refractivity contribution in [1.82, 2.24) is 5.32 Å². The number of hydrogen-bond donors (Lipinski definition) is 2. The van der Waals surface area contributed by atoms with Gasteiger partial charge in [-0.05, 0) is 28.8 Å². The Labute approximate surface area is 154 Å². The normalized spacial score (nSPS) is 11.2. The molecule has 1 atom stereocenters. The summed E-state index contributed by atoms with van der Waals surface area (Å²) in [7, 11) is 0. The van der Waals surface area contributed by atoms with E-state index >= 15 is 0 Å². The number of benzene rings is 3. The first kappa shape index (κ1) is 18.7. The van der Waals surface area contributed by atoms with Gasteiger partial charge < -0.3 is 11.1 Å². The van der Waals surface area contributed by atoms with Crippen LogP contribution in [0, 0.1) is 0 Å². The van der Waals surface area contributed by atoms with E-state index in [-0.39, 0.29) is 24.4 Å². The fourth-order valence-electron chi connectivity index (χ4n) is 2.68.